The topological polar surface area (TPSA) is 466 Å². The molecule has 0 aromatic carbocycles. The van der Waals surface area contributed by atoms with Gasteiger partial charge in [0.15, 0.2) is 37.7 Å². The van der Waals surface area contributed by atoms with E-state index in [-0.39, 0.29) is 0 Å². The molecule has 0 aliphatic carbocycles. The van der Waals surface area contributed by atoms with Crippen molar-refractivity contribution in [2.75, 3.05) is 39.6 Å². The van der Waals surface area contributed by atoms with Crippen LogP contribution in [0.2, 0.25) is 0 Å². The molecule has 28 atom stereocenters. The van der Waals surface area contributed by atoms with E-state index in [2.05, 4.69) is 0 Å². The first-order valence-corrected chi connectivity index (χ1v) is 20.0. The minimum absolute atomic E-state index is 0.573. The van der Waals surface area contributed by atoms with Crippen molar-refractivity contribution in [1.29, 1.82) is 0 Å². The Kier molecular flexibility index (Phi) is 17.8. The molecule has 6 heterocycles. The van der Waals surface area contributed by atoms with Gasteiger partial charge in [0, 0.05) is 0 Å². The minimum atomic E-state index is -2.20. The third-order valence-corrected chi connectivity index (χ3v) is 11.7. The van der Waals surface area contributed by atoms with Crippen LogP contribution in [-0.2, 0) is 52.1 Å². The number of aliphatic hydroxyl groups excluding tert-OH is 18. The predicted molar refractivity (Wildman–Crippen MR) is 187 cm³/mol. The fourth-order valence-electron chi connectivity index (χ4n) is 7.91. The zero-order valence-electron chi connectivity index (χ0n) is 32.9. The smallest absolute Gasteiger partial charge is 0.187 e. The third-order valence-electron chi connectivity index (χ3n) is 11.7. The highest BCUT2D eigenvalue weighted by Crippen LogP contribution is 2.35. The van der Waals surface area contributed by atoms with Crippen LogP contribution in [0, 0.1) is 0 Å². The van der Waals surface area contributed by atoms with Crippen molar-refractivity contribution in [1.82, 2.24) is 0 Å². The maximum Gasteiger partial charge on any atom is 0.187 e. The zero-order chi connectivity index (χ0) is 46.2. The van der Waals surface area contributed by atoms with Gasteiger partial charge in [0.25, 0.3) is 0 Å². The average Bonchev–Trinajstić information content (AvgIpc) is 3.54. The van der Waals surface area contributed by atoms with Crippen molar-refractivity contribution in [3.8, 4) is 0 Å². The Morgan fingerprint density at radius 2 is 0.698 bits per heavy atom. The highest BCUT2D eigenvalue weighted by atomic mass is 16.8. The fourth-order valence-corrected chi connectivity index (χ4v) is 7.91. The highest BCUT2D eigenvalue weighted by molar-refractivity contribution is 4.98. The summed E-state index contributed by atoms with van der Waals surface area (Å²) in [6.07, 6.45) is -51.4. The van der Waals surface area contributed by atoms with Crippen LogP contribution in [0.5, 0.6) is 0 Å². The highest BCUT2D eigenvalue weighted by Gasteiger charge is 2.56. The van der Waals surface area contributed by atoms with Crippen LogP contribution in [0.25, 0.3) is 0 Å². The Labute approximate surface area is 355 Å². The molecule has 6 aliphatic rings. The minimum Gasteiger partial charge on any atom is -0.394 e. The lowest BCUT2D eigenvalue weighted by Gasteiger charge is -2.49. The van der Waals surface area contributed by atoms with Gasteiger partial charge in [-0.1, -0.05) is 0 Å². The second kappa shape index (κ2) is 21.9. The SMILES string of the molecule is OC[C@@H]1O[C@@H](O[C@H]2[C@@H](OC[C@H]3O[C@@H](O[C@H]4[C@H](O)[C@@H](O)[C@H](O[C@H]5[C@H](O)[C@@H](O)C(O)O[C@@H]5CO)O[C@@H]4CO)[C@H](O)[C@@H](O)[C@@H]3O[C@@H]3O[C@H](CO)[C@@H](O)[C@H](O)[C@H]3O)OC[C@@H](O)[C@@H]2O)[C@H](O)[C@H]1O. The van der Waals surface area contributed by atoms with Gasteiger partial charge in [-0.05, 0) is 0 Å². The maximum atomic E-state index is 11.5. The van der Waals surface area contributed by atoms with E-state index >= 15 is 0 Å². The first-order valence-electron chi connectivity index (χ1n) is 20.0. The summed E-state index contributed by atoms with van der Waals surface area (Å²) >= 11 is 0. The number of rotatable bonds is 15. The summed E-state index contributed by atoms with van der Waals surface area (Å²) in [5, 5.41) is 188. The second-order valence-electron chi connectivity index (χ2n) is 15.9. The molecule has 368 valence electrons. The molecule has 6 saturated heterocycles. The van der Waals surface area contributed by atoms with Crippen LogP contribution < -0.4 is 0 Å². The lowest BCUT2D eigenvalue weighted by atomic mass is 9.95. The van der Waals surface area contributed by atoms with Gasteiger partial charge < -0.3 is 144 Å². The van der Waals surface area contributed by atoms with Gasteiger partial charge >= 0.3 is 0 Å². The average molecular weight is 931 g/mol. The zero-order valence-corrected chi connectivity index (χ0v) is 32.9. The first-order chi connectivity index (χ1) is 29.9. The van der Waals surface area contributed by atoms with Crippen molar-refractivity contribution in [2.45, 2.75) is 172 Å². The molecule has 0 aromatic rings. The number of hydrogen-bond donors (Lipinski definition) is 18. The van der Waals surface area contributed by atoms with Crippen LogP contribution in [0.15, 0.2) is 0 Å². The summed E-state index contributed by atoms with van der Waals surface area (Å²) in [6, 6.07) is 0. The van der Waals surface area contributed by atoms with Crippen molar-refractivity contribution in [2.24, 2.45) is 0 Å². The molecule has 6 rings (SSSR count). The Bertz CT molecular complexity index is 1400. The van der Waals surface area contributed by atoms with Gasteiger partial charge in [-0.15, -0.1) is 0 Å². The van der Waals surface area contributed by atoms with Gasteiger partial charge in [0.2, 0.25) is 0 Å². The summed E-state index contributed by atoms with van der Waals surface area (Å²) in [5.41, 5.74) is 0. The molecule has 29 heteroatoms. The summed E-state index contributed by atoms with van der Waals surface area (Å²) in [4.78, 5) is 0. The molecule has 63 heavy (non-hydrogen) atoms. The van der Waals surface area contributed by atoms with E-state index < -0.39 is 212 Å². The van der Waals surface area contributed by atoms with Crippen LogP contribution in [-0.4, -0.2) is 304 Å². The van der Waals surface area contributed by atoms with E-state index in [1.165, 1.54) is 0 Å². The molecular formula is C34H58O29. The van der Waals surface area contributed by atoms with Crippen molar-refractivity contribution in [3.05, 3.63) is 0 Å². The largest absolute Gasteiger partial charge is 0.394 e. The standard InChI is InChI=1S/C34H58O29/c35-1-8-14(41)16(43)22(49)31(56-8)62-27-12(6-54-34-28(13(40)7(39)5-53-34)63-30-21(48)15(42)9(2-36)57-30)59-33(24(51)19(27)46)61-26-11(4-38)58-32(23(50)18(26)45)60-25-10(3-37)55-29(52)20(47)17(25)44/h7-52H,1-6H2/t7-,8-,9+,10-,11-,12-,13+,14-,15+,16+,17-,18-,19-,20-,21-,22-,23-,24-,25-,26-,27-,28-,29?,30+,31+,32+,33+,34-/m1/s1. The van der Waals surface area contributed by atoms with Gasteiger partial charge in [-0.3, -0.25) is 0 Å². The summed E-state index contributed by atoms with van der Waals surface area (Å²) in [6.45, 7) is -4.92. The predicted octanol–water partition coefficient (Wildman–Crippen LogP) is -12.8. The molecule has 0 bridgehead atoms. The lowest BCUT2D eigenvalue weighted by Crippen LogP contribution is -2.67. The molecule has 0 amide bonds. The molecule has 0 spiro atoms. The van der Waals surface area contributed by atoms with Crippen molar-refractivity contribution >= 4 is 0 Å². The van der Waals surface area contributed by atoms with Crippen LogP contribution in [0.3, 0.4) is 0 Å². The summed E-state index contributed by atoms with van der Waals surface area (Å²) in [5.74, 6) is 0. The molecule has 6 aliphatic heterocycles. The Balaban J connectivity index is 1.21. The first kappa shape index (κ1) is 51.2. The molecule has 0 saturated carbocycles. The van der Waals surface area contributed by atoms with Crippen molar-refractivity contribution < 1.29 is 144 Å². The molecule has 29 nitrogen and oxygen atoms in total. The lowest BCUT2D eigenvalue weighted by molar-refractivity contribution is -0.391. The molecule has 0 aromatic heterocycles. The normalized spacial score (nSPS) is 53.4. The Morgan fingerprint density at radius 1 is 0.333 bits per heavy atom. The van der Waals surface area contributed by atoms with E-state index in [0.717, 1.165) is 0 Å². The number of ether oxygens (including phenoxy) is 11. The van der Waals surface area contributed by atoms with Gasteiger partial charge in [-0.2, -0.15) is 0 Å². The Hall–Kier alpha value is -1.16. The van der Waals surface area contributed by atoms with E-state index in [0.29, 0.717) is 0 Å². The van der Waals surface area contributed by atoms with Crippen molar-refractivity contribution in [3.63, 3.8) is 0 Å². The van der Waals surface area contributed by atoms with Crippen LogP contribution in [0.4, 0.5) is 0 Å². The van der Waals surface area contributed by atoms with Gasteiger partial charge in [-0.25, -0.2) is 0 Å². The van der Waals surface area contributed by atoms with E-state index in [4.69, 9.17) is 52.1 Å². The summed E-state index contributed by atoms with van der Waals surface area (Å²) < 4.78 is 61.3. The molecule has 18 N–H and O–H groups in total. The second-order valence-corrected chi connectivity index (χ2v) is 15.9. The molecule has 0 radical (unpaired) electrons. The number of aliphatic hydroxyl groups is 18. The van der Waals surface area contributed by atoms with E-state index in [1.54, 1.807) is 0 Å². The maximum absolute atomic E-state index is 11.5. The summed E-state index contributed by atoms with van der Waals surface area (Å²) in [7, 11) is 0. The fraction of sp³-hybridized carbons (Fsp3) is 1.00. The molecule has 6 fully saturated rings. The molecule has 1 unspecified atom stereocenters. The van der Waals surface area contributed by atoms with Crippen LogP contribution >= 0.6 is 0 Å². The monoisotopic (exact) mass is 930 g/mol. The molecular weight excluding hydrogens is 872 g/mol. The quantitative estimate of drug-likeness (QED) is 0.0725. The van der Waals surface area contributed by atoms with E-state index in [1.807, 2.05) is 0 Å². The van der Waals surface area contributed by atoms with E-state index in [9.17, 15) is 91.9 Å². The van der Waals surface area contributed by atoms with Crippen LogP contribution in [0.1, 0.15) is 0 Å². The van der Waals surface area contributed by atoms with Gasteiger partial charge in [0.05, 0.1) is 39.6 Å². The third kappa shape index (κ3) is 10.6. The van der Waals surface area contributed by atoms with Gasteiger partial charge in [0.1, 0.15) is 134 Å². The number of hydrogen-bond acceptors (Lipinski definition) is 29. The Morgan fingerprint density at radius 3 is 1.19 bits per heavy atom.